The third-order valence-electron chi connectivity index (χ3n) is 4.80. The minimum atomic E-state index is -4.42. The van der Waals surface area contributed by atoms with E-state index in [4.69, 9.17) is 0 Å². The number of halogens is 4. The van der Waals surface area contributed by atoms with E-state index in [1.54, 1.807) is 25.2 Å². The number of nitrogens with one attached hydrogen (secondary N) is 1. The minimum absolute atomic E-state index is 0.0380. The summed E-state index contributed by atoms with van der Waals surface area (Å²) in [6.07, 6.45) is -2.91. The Labute approximate surface area is 174 Å². The van der Waals surface area contributed by atoms with Crippen LogP contribution in [0.4, 0.5) is 17.6 Å². The smallest absolute Gasteiger partial charge is 0.348 e. The maximum atomic E-state index is 13.7. The number of benzene rings is 2. The molecular weight excluding hydrogens is 412 g/mol. The van der Waals surface area contributed by atoms with Crippen LogP contribution in [0.25, 0.3) is 22.3 Å². The highest BCUT2D eigenvalue weighted by Crippen LogP contribution is 2.29. The molecule has 4 rings (SSSR count). The molecular formula is C22H16F4N4O. The number of aromatic nitrogens is 3. The van der Waals surface area contributed by atoms with Gasteiger partial charge in [-0.05, 0) is 35.9 Å². The summed E-state index contributed by atoms with van der Waals surface area (Å²) in [4.78, 5) is 17.4. The summed E-state index contributed by atoms with van der Waals surface area (Å²) in [5, 5.41) is 7.35. The Kier molecular flexibility index (Phi) is 5.18. The molecule has 0 aliphatic rings. The first-order chi connectivity index (χ1) is 14.7. The van der Waals surface area contributed by atoms with E-state index < -0.39 is 23.5 Å². The molecule has 0 radical (unpaired) electrons. The van der Waals surface area contributed by atoms with Crippen LogP contribution in [0, 0.1) is 5.82 Å². The molecule has 0 saturated heterocycles. The standard InChI is InChI=1S/C22H16F4N4O/c1-30-20-18(12-28-30)17(10-19(29-20)14-3-2-4-16(23)9-14)21(31)27-11-13-5-7-15(8-6-13)22(24,25)26/h2-10,12H,11H2,1H3,(H,27,31). The number of carbonyl (C=O) groups is 1. The number of nitrogens with zero attached hydrogens (tertiary/aromatic N) is 3. The van der Waals surface area contributed by atoms with Gasteiger partial charge in [0.05, 0.1) is 28.4 Å². The van der Waals surface area contributed by atoms with Crippen LogP contribution < -0.4 is 5.32 Å². The number of fused-ring (bicyclic) bond motifs is 1. The lowest BCUT2D eigenvalue weighted by Crippen LogP contribution is -2.23. The molecule has 0 spiro atoms. The highest BCUT2D eigenvalue weighted by atomic mass is 19.4. The normalized spacial score (nSPS) is 11.6. The van der Waals surface area contributed by atoms with Gasteiger partial charge in [-0.25, -0.2) is 9.37 Å². The summed E-state index contributed by atoms with van der Waals surface area (Å²) in [7, 11) is 1.68. The second kappa shape index (κ2) is 7.82. The van der Waals surface area contributed by atoms with Crippen molar-refractivity contribution in [2.45, 2.75) is 12.7 Å². The first-order valence-corrected chi connectivity index (χ1v) is 9.25. The van der Waals surface area contributed by atoms with Crippen molar-refractivity contribution in [3.8, 4) is 11.3 Å². The van der Waals surface area contributed by atoms with E-state index in [1.165, 1.54) is 35.1 Å². The highest BCUT2D eigenvalue weighted by Gasteiger charge is 2.29. The zero-order valence-corrected chi connectivity index (χ0v) is 16.2. The molecule has 0 aliphatic heterocycles. The topological polar surface area (TPSA) is 59.8 Å². The molecule has 0 fully saturated rings. The van der Waals surface area contributed by atoms with Gasteiger partial charge < -0.3 is 5.32 Å². The van der Waals surface area contributed by atoms with Gasteiger partial charge in [-0.2, -0.15) is 18.3 Å². The highest BCUT2D eigenvalue weighted by molar-refractivity contribution is 6.06. The third kappa shape index (κ3) is 4.25. The maximum absolute atomic E-state index is 13.7. The summed E-state index contributed by atoms with van der Waals surface area (Å²) in [6.45, 7) is 0.0380. The predicted molar refractivity (Wildman–Crippen MR) is 107 cm³/mol. The first-order valence-electron chi connectivity index (χ1n) is 9.25. The lowest BCUT2D eigenvalue weighted by Gasteiger charge is -2.10. The Balaban J connectivity index is 1.63. The molecule has 0 atom stereocenters. The molecule has 1 N–H and O–H groups in total. The Morgan fingerprint density at radius 1 is 1.10 bits per heavy atom. The average molecular weight is 428 g/mol. The van der Waals surface area contributed by atoms with Crippen molar-refractivity contribution in [2.75, 3.05) is 0 Å². The molecule has 5 nitrogen and oxygen atoms in total. The first kappa shape index (κ1) is 20.5. The van der Waals surface area contributed by atoms with Gasteiger partial charge in [0.1, 0.15) is 5.82 Å². The summed E-state index contributed by atoms with van der Waals surface area (Å²) < 4.78 is 53.3. The van der Waals surface area contributed by atoms with Gasteiger partial charge in [-0.3, -0.25) is 9.48 Å². The number of alkyl halides is 3. The van der Waals surface area contributed by atoms with Crippen molar-refractivity contribution in [3.63, 3.8) is 0 Å². The predicted octanol–water partition coefficient (Wildman–Crippen LogP) is 4.72. The lowest BCUT2D eigenvalue weighted by atomic mass is 10.1. The fourth-order valence-electron chi connectivity index (χ4n) is 3.19. The summed E-state index contributed by atoms with van der Waals surface area (Å²) in [5.41, 5.74) is 1.39. The van der Waals surface area contributed by atoms with Crippen LogP contribution >= 0.6 is 0 Å². The molecule has 2 heterocycles. The summed E-state index contributed by atoms with van der Waals surface area (Å²) in [6, 6.07) is 12.0. The molecule has 0 aliphatic carbocycles. The van der Waals surface area contributed by atoms with Gasteiger partial charge in [0.15, 0.2) is 5.65 Å². The SMILES string of the molecule is Cn1ncc2c(C(=O)NCc3ccc(C(F)(F)F)cc3)cc(-c3cccc(F)c3)nc21. The van der Waals surface area contributed by atoms with E-state index in [0.29, 0.717) is 27.9 Å². The van der Waals surface area contributed by atoms with E-state index in [1.807, 2.05) is 0 Å². The van der Waals surface area contributed by atoms with Crippen molar-refractivity contribution >= 4 is 16.9 Å². The second-order valence-corrected chi connectivity index (χ2v) is 6.95. The molecule has 31 heavy (non-hydrogen) atoms. The fourth-order valence-corrected chi connectivity index (χ4v) is 3.19. The van der Waals surface area contributed by atoms with Crippen LogP contribution in [0.1, 0.15) is 21.5 Å². The van der Waals surface area contributed by atoms with Crippen LogP contribution in [-0.4, -0.2) is 20.7 Å². The van der Waals surface area contributed by atoms with Crippen molar-refractivity contribution in [3.05, 3.63) is 83.3 Å². The van der Waals surface area contributed by atoms with E-state index in [9.17, 15) is 22.4 Å². The van der Waals surface area contributed by atoms with Gasteiger partial charge >= 0.3 is 6.18 Å². The zero-order chi connectivity index (χ0) is 22.2. The third-order valence-corrected chi connectivity index (χ3v) is 4.80. The number of carbonyl (C=O) groups excluding carboxylic acids is 1. The molecule has 158 valence electrons. The van der Waals surface area contributed by atoms with Gasteiger partial charge in [-0.15, -0.1) is 0 Å². The Morgan fingerprint density at radius 3 is 2.52 bits per heavy atom. The monoisotopic (exact) mass is 428 g/mol. The average Bonchev–Trinajstić information content (AvgIpc) is 3.12. The Bertz CT molecular complexity index is 1260. The molecule has 9 heteroatoms. The van der Waals surface area contributed by atoms with E-state index >= 15 is 0 Å². The largest absolute Gasteiger partial charge is 0.416 e. The van der Waals surface area contributed by atoms with Crippen molar-refractivity contribution in [1.82, 2.24) is 20.1 Å². The zero-order valence-electron chi connectivity index (χ0n) is 16.2. The molecule has 1 amide bonds. The summed E-state index contributed by atoms with van der Waals surface area (Å²) in [5.74, 6) is -0.879. The molecule has 0 unspecified atom stereocenters. The van der Waals surface area contributed by atoms with Gasteiger partial charge in [0, 0.05) is 19.2 Å². The molecule has 0 saturated carbocycles. The second-order valence-electron chi connectivity index (χ2n) is 6.95. The van der Waals surface area contributed by atoms with Crippen LogP contribution in [-0.2, 0) is 19.8 Å². The van der Waals surface area contributed by atoms with E-state index in [2.05, 4.69) is 15.4 Å². The quantitative estimate of drug-likeness (QED) is 0.479. The Hall–Kier alpha value is -3.75. The van der Waals surface area contributed by atoms with Crippen molar-refractivity contribution < 1.29 is 22.4 Å². The number of amides is 1. The minimum Gasteiger partial charge on any atom is -0.348 e. The van der Waals surface area contributed by atoms with Gasteiger partial charge in [-0.1, -0.05) is 24.3 Å². The molecule has 0 bridgehead atoms. The Morgan fingerprint density at radius 2 is 1.84 bits per heavy atom. The van der Waals surface area contributed by atoms with Crippen LogP contribution in [0.3, 0.4) is 0 Å². The number of pyridine rings is 1. The van der Waals surface area contributed by atoms with E-state index in [0.717, 1.165) is 12.1 Å². The number of rotatable bonds is 4. The van der Waals surface area contributed by atoms with Crippen molar-refractivity contribution in [1.29, 1.82) is 0 Å². The molecule has 4 aromatic rings. The lowest BCUT2D eigenvalue weighted by molar-refractivity contribution is -0.137. The van der Waals surface area contributed by atoms with Crippen LogP contribution in [0.2, 0.25) is 0 Å². The van der Waals surface area contributed by atoms with Crippen LogP contribution in [0.15, 0.2) is 60.8 Å². The van der Waals surface area contributed by atoms with Crippen molar-refractivity contribution in [2.24, 2.45) is 7.05 Å². The summed E-state index contributed by atoms with van der Waals surface area (Å²) >= 11 is 0. The van der Waals surface area contributed by atoms with Crippen LogP contribution in [0.5, 0.6) is 0 Å². The molecule has 2 aromatic heterocycles. The maximum Gasteiger partial charge on any atom is 0.416 e. The van der Waals surface area contributed by atoms with Gasteiger partial charge in [0.25, 0.3) is 5.91 Å². The van der Waals surface area contributed by atoms with E-state index in [-0.39, 0.29) is 12.1 Å². The fraction of sp³-hybridized carbons (Fsp3) is 0.136. The number of aryl methyl sites for hydroxylation is 1. The van der Waals surface area contributed by atoms with Gasteiger partial charge in [0.2, 0.25) is 0 Å². The number of hydrogen-bond acceptors (Lipinski definition) is 3. The number of hydrogen-bond donors (Lipinski definition) is 1. The molecule has 2 aromatic carbocycles.